The highest BCUT2D eigenvalue weighted by Crippen LogP contribution is 2.52. The van der Waals surface area contributed by atoms with Crippen molar-refractivity contribution in [1.82, 2.24) is 19.5 Å². The van der Waals surface area contributed by atoms with Gasteiger partial charge in [-0.05, 0) is 50.1 Å². The molecule has 2 aromatic carbocycles. The minimum Gasteiger partial charge on any atom is -0.790 e. The average molecular weight is 527 g/mol. The number of rotatable bonds is 6. The van der Waals surface area contributed by atoms with Crippen LogP contribution in [0.25, 0.3) is 22.2 Å². The molecular weight excluding hydrogens is 507 g/mol. The number of aromatic nitrogens is 4. The third-order valence-corrected chi connectivity index (χ3v) is 7.29. The summed E-state index contributed by atoms with van der Waals surface area (Å²) in [4.78, 5) is 35.4. The monoisotopic (exact) mass is 527 g/mol. The lowest BCUT2D eigenvalue weighted by atomic mass is 9.95. The molecule has 2 atom stereocenters. The molecule has 4 aromatic rings. The van der Waals surface area contributed by atoms with Crippen molar-refractivity contribution in [2.24, 2.45) is 0 Å². The van der Waals surface area contributed by atoms with Crippen LogP contribution in [0, 0.1) is 0 Å². The van der Waals surface area contributed by atoms with Gasteiger partial charge < -0.3 is 33.5 Å². The summed E-state index contributed by atoms with van der Waals surface area (Å²) in [6.45, 7) is -0.159. The summed E-state index contributed by atoms with van der Waals surface area (Å²) in [5.41, 5.74) is 2.85. The number of benzene rings is 2. The van der Waals surface area contributed by atoms with Gasteiger partial charge in [-0.1, -0.05) is 12.1 Å². The van der Waals surface area contributed by atoms with E-state index in [1.807, 2.05) is 28.8 Å². The number of imidazole rings is 1. The number of alkyl halides is 2. The first-order valence-corrected chi connectivity index (χ1v) is 12.9. The Morgan fingerprint density at radius 3 is 2.62 bits per heavy atom. The van der Waals surface area contributed by atoms with Crippen molar-refractivity contribution >= 4 is 24.5 Å². The number of anilines is 1. The van der Waals surface area contributed by atoms with Crippen LogP contribution in [0.2, 0.25) is 0 Å². The Bertz CT molecular complexity index is 1570. The number of phosphoric acid groups is 1. The fourth-order valence-corrected chi connectivity index (χ4v) is 5.82. The lowest BCUT2D eigenvalue weighted by Gasteiger charge is -2.36. The molecule has 0 unspecified atom stereocenters. The molecule has 192 valence electrons. The Labute approximate surface area is 209 Å². The van der Waals surface area contributed by atoms with E-state index in [-0.39, 0.29) is 23.7 Å². The van der Waals surface area contributed by atoms with E-state index in [9.17, 15) is 23.1 Å². The number of nitrogens with zero attached hydrogens (tertiary/aromatic N) is 4. The summed E-state index contributed by atoms with van der Waals surface area (Å²) in [5, 5.41) is 3.40. The second-order valence-corrected chi connectivity index (χ2v) is 10.5. The van der Waals surface area contributed by atoms with Crippen LogP contribution in [0.4, 0.5) is 14.5 Å². The zero-order chi connectivity index (χ0) is 26.1. The molecule has 0 radical (unpaired) electrons. The van der Waals surface area contributed by atoms with Gasteiger partial charge in [0.05, 0.1) is 30.9 Å². The van der Waals surface area contributed by atoms with E-state index >= 15 is 0 Å². The van der Waals surface area contributed by atoms with Crippen LogP contribution in [0.1, 0.15) is 49.6 Å². The zero-order valence-corrected chi connectivity index (χ0v) is 20.5. The number of fused-ring (bicyclic) bond motifs is 9. The van der Waals surface area contributed by atoms with Crippen molar-refractivity contribution in [1.29, 1.82) is 0 Å². The topological polar surface area (TPSA) is 137 Å². The number of phosphoric ester groups is 1. The number of hydrogen-bond acceptors (Lipinski definition) is 9. The van der Waals surface area contributed by atoms with Gasteiger partial charge in [-0.25, -0.2) is 15.0 Å². The van der Waals surface area contributed by atoms with Crippen LogP contribution >= 0.6 is 7.82 Å². The van der Waals surface area contributed by atoms with Crippen LogP contribution < -0.4 is 19.8 Å². The molecule has 0 fully saturated rings. The first-order chi connectivity index (χ1) is 17.5. The molecule has 6 rings (SSSR count). The Balaban J connectivity index is 1.39. The molecule has 10 nitrogen and oxygen atoms in total. The number of halogens is 2. The predicted molar refractivity (Wildman–Crippen MR) is 125 cm³/mol. The fraction of sp³-hybridized carbons (Fsp3) is 0.292. The van der Waals surface area contributed by atoms with Gasteiger partial charge in [0.15, 0.2) is 5.82 Å². The van der Waals surface area contributed by atoms with Crippen molar-refractivity contribution in [3.05, 3.63) is 66.0 Å². The number of nitrogens with one attached hydrogen (secondary N) is 1. The maximum atomic E-state index is 13.1. The van der Waals surface area contributed by atoms with Gasteiger partial charge >= 0.3 is 6.61 Å². The lowest BCUT2D eigenvalue weighted by molar-refractivity contribution is -0.349. The third-order valence-electron chi connectivity index (χ3n) is 6.61. The normalized spacial score (nSPS) is 18.6. The Kier molecular flexibility index (Phi) is 5.36. The maximum absolute atomic E-state index is 13.1. The second kappa shape index (κ2) is 8.29. The van der Waals surface area contributed by atoms with Crippen molar-refractivity contribution in [2.45, 2.75) is 44.6 Å². The predicted octanol–water partition coefficient (Wildman–Crippen LogP) is 3.63. The van der Waals surface area contributed by atoms with E-state index in [1.54, 1.807) is 6.07 Å². The van der Waals surface area contributed by atoms with Crippen LogP contribution in [-0.4, -0.2) is 26.1 Å². The second-order valence-electron chi connectivity index (χ2n) is 9.43. The molecule has 0 amide bonds. The molecule has 37 heavy (non-hydrogen) atoms. The van der Waals surface area contributed by atoms with E-state index in [0.29, 0.717) is 17.5 Å². The SMILES string of the molecule is CC(C)(OP(=O)([O-])[O-])c1ncc(-c2ccc3nc4n(c3c2)[C@@H]2C[C@H]4Nc3cccc(OC(F)F)c32)cn1. The summed E-state index contributed by atoms with van der Waals surface area (Å²) >= 11 is 0. The molecule has 0 saturated heterocycles. The molecule has 13 heteroatoms. The van der Waals surface area contributed by atoms with E-state index < -0.39 is 20.0 Å². The molecule has 0 spiro atoms. The minimum atomic E-state index is -5.24. The Morgan fingerprint density at radius 1 is 1.16 bits per heavy atom. The van der Waals surface area contributed by atoms with E-state index in [1.165, 1.54) is 32.3 Å². The standard InChI is InChI=1S/C24H22F2N5O5P/c1-24(2,36-37(32,33)34)22-27-10-13(11-28-22)12-6-7-14-17(8-12)31-18-9-16(21(31)30-14)29-15-4-3-5-19(20(15)18)35-23(25)26/h3-8,10-11,16,18,23,29H,9H2,1-2H3,(H2,32,33,34)/p-2/t16-,18-/m1/s1. The summed E-state index contributed by atoms with van der Waals surface area (Å²) < 4.78 is 48.8. The largest absolute Gasteiger partial charge is 0.790 e. The van der Waals surface area contributed by atoms with Crippen LogP contribution in [0.15, 0.2) is 48.8 Å². The molecule has 4 heterocycles. The maximum Gasteiger partial charge on any atom is 0.387 e. The summed E-state index contributed by atoms with van der Waals surface area (Å²) in [6, 6.07) is 10.4. The number of hydrogen-bond donors (Lipinski definition) is 1. The quantitative estimate of drug-likeness (QED) is 0.373. The van der Waals surface area contributed by atoms with Crippen LogP contribution in [0.3, 0.4) is 0 Å². The average Bonchev–Trinajstić information content (AvgIpc) is 3.32. The molecule has 2 aromatic heterocycles. The number of ether oxygens (including phenoxy) is 1. The smallest absolute Gasteiger partial charge is 0.387 e. The van der Waals surface area contributed by atoms with Crippen molar-refractivity contribution in [2.75, 3.05) is 5.32 Å². The van der Waals surface area contributed by atoms with E-state index in [4.69, 9.17) is 9.72 Å². The van der Waals surface area contributed by atoms with Gasteiger partial charge in [0, 0.05) is 29.2 Å². The summed E-state index contributed by atoms with van der Waals surface area (Å²) in [7, 11) is -5.24. The van der Waals surface area contributed by atoms with Gasteiger partial charge in [0.1, 0.15) is 17.2 Å². The molecule has 2 aliphatic heterocycles. The highest BCUT2D eigenvalue weighted by molar-refractivity contribution is 7.43. The van der Waals surface area contributed by atoms with Crippen molar-refractivity contribution in [3.63, 3.8) is 0 Å². The Morgan fingerprint density at radius 2 is 1.92 bits per heavy atom. The molecule has 2 bridgehead atoms. The van der Waals surface area contributed by atoms with E-state index in [0.717, 1.165) is 28.1 Å². The zero-order valence-electron chi connectivity index (χ0n) is 19.6. The molecule has 2 aliphatic rings. The first kappa shape index (κ1) is 23.9. The van der Waals surface area contributed by atoms with E-state index in [2.05, 4.69) is 19.8 Å². The highest BCUT2D eigenvalue weighted by atomic mass is 31.2. The van der Waals surface area contributed by atoms with Gasteiger partial charge in [0.2, 0.25) is 0 Å². The minimum absolute atomic E-state index is 0.0394. The molecule has 0 aliphatic carbocycles. The van der Waals surface area contributed by atoms with Crippen LogP contribution in [-0.2, 0) is 14.7 Å². The fourth-order valence-electron chi connectivity index (χ4n) is 5.18. The Hall–Kier alpha value is -3.44. The van der Waals surface area contributed by atoms with Crippen molar-refractivity contribution < 1.29 is 32.4 Å². The molecule has 1 N–H and O–H groups in total. The summed E-state index contributed by atoms with van der Waals surface area (Å²) in [6.07, 6.45) is 3.68. The third kappa shape index (κ3) is 4.15. The van der Waals surface area contributed by atoms with Gasteiger partial charge in [-0.3, -0.25) is 0 Å². The highest BCUT2D eigenvalue weighted by Gasteiger charge is 2.41. The molecule has 0 saturated carbocycles. The van der Waals surface area contributed by atoms with Gasteiger partial charge in [0.25, 0.3) is 0 Å². The van der Waals surface area contributed by atoms with Crippen molar-refractivity contribution in [3.8, 4) is 16.9 Å². The van der Waals surface area contributed by atoms with Gasteiger partial charge in [-0.15, -0.1) is 0 Å². The first-order valence-electron chi connectivity index (χ1n) is 11.4. The van der Waals surface area contributed by atoms with Gasteiger partial charge in [-0.2, -0.15) is 8.78 Å². The molecular formula is C24H20F2N5O5P-2. The summed E-state index contributed by atoms with van der Waals surface area (Å²) in [5.74, 6) is 0.975. The van der Waals surface area contributed by atoms with Crippen LogP contribution in [0.5, 0.6) is 5.75 Å². The lowest BCUT2D eigenvalue weighted by Crippen LogP contribution is -2.29.